The fourth-order valence-corrected chi connectivity index (χ4v) is 3.95. The first-order chi connectivity index (χ1) is 16.9. The third kappa shape index (κ3) is 4.56. The molecule has 1 amide bonds. The van der Waals surface area contributed by atoms with Crippen molar-refractivity contribution < 1.29 is 28.0 Å². The lowest BCUT2D eigenvalue weighted by Gasteiger charge is -2.19. The van der Waals surface area contributed by atoms with E-state index < -0.39 is 40.0 Å². The summed E-state index contributed by atoms with van der Waals surface area (Å²) in [6, 6.07) is 2.98. The van der Waals surface area contributed by atoms with Crippen molar-refractivity contribution in [1.82, 2.24) is 19.4 Å². The molecule has 4 rings (SSSR count). The number of rotatable bonds is 5. The van der Waals surface area contributed by atoms with Crippen molar-refractivity contribution in [3.8, 4) is 0 Å². The minimum Gasteiger partial charge on any atom is -0.465 e. The molecule has 0 spiro atoms. The molecule has 0 saturated carbocycles. The van der Waals surface area contributed by atoms with Crippen LogP contribution < -0.4 is 10.9 Å². The molecule has 0 radical (unpaired) electrons. The maximum Gasteiger partial charge on any atom is 0.416 e. The Hall–Kier alpha value is -4.49. The smallest absolute Gasteiger partial charge is 0.416 e. The van der Waals surface area contributed by atoms with Crippen molar-refractivity contribution in [2.24, 2.45) is 7.05 Å². The summed E-state index contributed by atoms with van der Waals surface area (Å²) in [6.07, 6.45) is -3.12. The van der Waals surface area contributed by atoms with E-state index in [4.69, 9.17) is 0 Å². The van der Waals surface area contributed by atoms with Gasteiger partial charge in [-0.3, -0.25) is 19.5 Å². The highest BCUT2D eigenvalue weighted by Crippen LogP contribution is 2.35. The Morgan fingerprint density at radius 2 is 1.97 bits per heavy atom. The zero-order valence-electron chi connectivity index (χ0n) is 18.9. The Morgan fingerprint density at radius 3 is 2.58 bits per heavy atom. The number of aromatic nitrogens is 3. The van der Waals surface area contributed by atoms with E-state index in [1.165, 1.54) is 30.9 Å². The predicted octanol–water partition coefficient (Wildman–Crippen LogP) is 3.81. The number of non-ortho nitro benzene ring substituents is 1. The SMILES string of the molecule is CC(Nc1ncnc2c1cc(C1=CCN(C(=O)O)C1)c(=O)n2C)c1cc([N+](=O)[O-])cc(C(F)(F)F)c1. The van der Waals surface area contributed by atoms with Crippen molar-refractivity contribution in [1.29, 1.82) is 0 Å². The summed E-state index contributed by atoms with van der Waals surface area (Å²) in [6.45, 7) is 1.64. The molecule has 188 valence electrons. The van der Waals surface area contributed by atoms with Gasteiger partial charge < -0.3 is 15.3 Å². The summed E-state index contributed by atoms with van der Waals surface area (Å²) in [7, 11) is 1.48. The first kappa shape index (κ1) is 24.6. The fourth-order valence-electron chi connectivity index (χ4n) is 3.95. The van der Waals surface area contributed by atoms with Crippen LogP contribution in [0.5, 0.6) is 0 Å². The molecule has 2 N–H and O–H groups in total. The number of nitro groups is 1. The average molecular weight is 504 g/mol. The molecule has 36 heavy (non-hydrogen) atoms. The van der Waals surface area contributed by atoms with Crippen molar-refractivity contribution in [2.75, 3.05) is 18.4 Å². The molecular formula is C22H19F3N6O5. The molecule has 0 saturated heterocycles. The minimum absolute atomic E-state index is 0.00364. The van der Waals surface area contributed by atoms with Gasteiger partial charge in [-0.2, -0.15) is 13.2 Å². The second kappa shape index (κ2) is 8.94. The van der Waals surface area contributed by atoms with Crippen LogP contribution in [0.3, 0.4) is 0 Å². The zero-order chi connectivity index (χ0) is 26.4. The number of alkyl halides is 3. The number of carbonyl (C=O) groups is 1. The quantitative estimate of drug-likeness (QED) is 0.394. The van der Waals surface area contributed by atoms with Crippen LogP contribution in [0.15, 0.2) is 41.5 Å². The van der Waals surface area contributed by atoms with Gasteiger partial charge in [-0.05, 0) is 30.2 Å². The second-order valence-electron chi connectivity index (χ2n) is 8.21. The van der Waals surface area contributed by atoms with Crippen LogP contribution in [0.2, 0.25) is 0 Å². The van der Waals surface area contributed by atoms with E-state index in [1.54, 1.807) is 6.08 Å². The molecule has 14 heteroatoms. The minimum atomic E-state index is -4.78. The predicted molar refractivity (Wildman–Crippen MR) is 122 cm³/mol. The molecule has 11 nitrogen and oxygen atoms in total. The lowest BCUT2D eigenvalue weighted by molar-refractivity contribution is -0.385. The van der Waals surface area contributed by atoms with E-state index >= 15 is 0 Å². The summed E-state index contributed by atoms with van der Waals surface area (Å²) in [5, 5.41) is 23.7. The molecule has 0 fully saturated rings. The molecule has 2 aromatic heterocycles. The first-order valence-corrected chi connectivity index (χ1v) is 10.5. The molecule has 1 aliphatic rings. The van der Waals surface area contributed by atoms with E-state index in [1.807, 2.05) is 0 Å². The van der Waals surface area contributed by atoms with Gasteiger partial charge in [-0.15, -0.1) is 0 Å². The van der Waals surface area contributed by atoms with Gasteiger partial charge in [0.15, 0.2) is 0 Å². The number of nitrogens with one attached hydrogen (secondary N) is 1. The lowest BCUT2D eigenvalue weighted by atomic mass is 10.0. The van der Waals surface area contributed by atoms with Crippen LogP contribution in [-0.2, 0) is 13.2 Å². The number of fused-ring (bicyclic) bond motifs is 1. The number of benzene rings is 1. The number of hydrogen-bond acceptors (Lipinski definition) is 7. The van der Waals surface area contributed by atoms with Gasteiger partial charge in [0.1, 0.15) is 17.8 Å². The standard InChI is InChI=1S/C22H19F3N6O5/c1-11(13-5-14(22(23,24)25)7-15(6-13)31(35)36)28-18-17-8-16(12-3-4-30(9-12)21(33)34)20(32)29(2)19(17)27-10-26-18/h3,5-8,10-11H,4,9H2,1-2H3,(H,33,34)(H,26,27,28). The highest BCUT2D eigenvalue weighted by molar-refractivity contribution is 5.90. The van der Waals surface area contributed by atoms with Crippen molar-refractivity contribution >= 4 is 34.2 Å². The summed E-state index contributed by atoms with van der Waals surface area (Å²) < 4.78 is 41.2. The molecule has 0 bridgehead atoms. The number of aryl methyl sites for hydroxylation is 1. The molecule has 1 aromatic carbocycles. The monoisotopic (exact) mass is 504 g/mol. The fraction of sp³-hybridized carbons (Fsp3) is 0.273. The van der Waals surface area contributed by atoms with Gasteiger partial charge in [0.05, 0.1) is 21.9 Å². The van der Waals surface area contributed by atoms with Crippen LogP contribution in [0.1, 0.15) is 29.7 Å². The highest BCUT2D eigenvalue weighted by atomic mass is 19.4. The number of nitro benzene ring substituents is 1. The third-order valence-electron chi connectivity index (χ3n) is 5.87. The molecule has 1 unspecified atom stereocenters. The number of carboxylic acid groups (broad SMARTS) is 1. The maximum absolute atomic E-state index is 13.3. The topological polar surface area (TPSA) is 143 Å². The summed E-state index contributed by atoms with van der Waals surface area (Å²) in [5.74, 6) is 0.179. The molecule has 3 heterocycles. The maximum atomic E-state index is 13.3. The Morgan fingerprint density at radius 1 is 1.25 bits per heavy atom. The van der Waals surface area contributed by atoms with Gasteiger partial charge in [0.25, 0.3) is 11.2 Å². The molecule has 1 atom stereocenters. The number of anilines is 1. The van der Waals surface area contributed by atoms with E-state index in [2.05, 4.69) is 15.3 Å². The van der Waals surface area contributed by atoms with Crippen LogP contribution in [0.25, 0.3) is 16.6 Å². The number of pyridine rings is 1. The third-order valence-corrected chi connectivity index (χ3v) is 5.87. The van der Waals surface area contributed by atoms with Crippen LogP contribution >= 0.6 is 0 Å². The zero-order valence-corrected chi connectivity index (χ0v) is 18.9. The summed E-state index contributed by atoms with van der Waals surface area (Å²) in [4.78, 5) is 43.9. The largest absolute Gasteiger partial charge is 0.465 e. The van der Waals surface area contributed by atoms with Crippen LogP contribution in [0.4, 0.5) is 29.5 Å². The molecule has 0 aliphatic carbocycles. The van der Waals surface area contributed by atoms with E-state index in [0.29, 0.717) is 17.0 Å². The van der Waals surface area contributed by atoms with Gasteiger partial charge in [0, 0.05) is 37.8 Å². The highest BCUT2D eigenvalue weighted by Gasteiger charge is 2.33. The summed E-state index contributed by atoms with van der Waals surface area (Å²) in [5.41, 5.74) is -1.31. The van der Waals surface area contributed by atoms with E-state index in [-0.39, 0.29) is 35.7 Å². The normalized spacial score (nSPS) is 14.6. The number of nitrogens with zero attached hydrogens (tertiary/aromatic N) is 5. The average Bonchev–Trinajstić information content (AvgIpc) is 3.31. The molecular weight excluding hydrogens is 485 g/mol. The Balaban J connectivity index is 1.76. The van der Waals surface area contributed by atoms with Gasteiger partial charge >= 0.3 is 12.3 Å². The van der Waals surface area contributed by atoms with Gasteiger partial charge in [0.2, 0.25) is 0 Å². The van der Waals surface area contributed by atoms with Crippen molar-refractivity contribution in [2.45, 2.75) is 19.1 Å². The Kier molecular flexibility index (Phi) is 6.12. The first-order valence-electron chi connectivity index (χ1n) is 10.5. The number of hydrogen-bond donors (Lipinski definition) is 2. The van der Waals surface area contributed by atoms with Gasteiger partial charge in [-0.25, -0.2) is 14.8 Å². The Labute approximate surface area is 200 Å². The van der Waals surface area contributed by atoms with Gasteiger partial charge in [-0.1, -0.05) is 6.08 Å². The van der Waals surface area contributed by atoms with Crippen molar-refractivity contribution in [3.05, 3.63) is 73.8 Å². The number of amides is 1. The summed E-state index contributed by atoms with van der Waals surface area (Å²) >= 11 is 0. The van der Waals surface area contributed by atoms with E-state index in [0.717, 1.165) is 17.0 Å². The number of halogens is 3. The van der Waals surface area contributed by atoms with Crippen molar-refractivity contribution in [3.63, 3.8) is 0 Å². The molecule has 3 aromatic rings. The van der Waals surface area contributed by atoms with Crippen LogP contribution in [0, 0.1) is 10.1 Å². The lowest BCUT2D eigenvalue weighted by Crippen LogP contribution is -2.28. The van der Waals surface area contributed by atoms with E-state index in [9.17, 15) is 38.0 Å². The van der Waals surface area contributed by atoms with Crippen LogP contribution in [-0.4, -0.2) is 48.6 Å². The second-order valence-corrected chi connectivity index (χ2v) is 8.21. The molecule has 1 aliphatic heterocycles. The Bertz CT molecular complexity index is 1480.